The van der Waals surface area contributed by atoms with Crippen LogP contribution in [0.2, 0.25) is 0 Å². The topological polar surface area (TPSA) is 250 Å². The lowest BCUT2D eigenvalue weighted by Gasteiger charge is -2.59. The number of esters is 2. The number of hydrogen-bond donors (Lipinski definition) is 4. The second-order valence-electron chi connectivity index (χ2n) is 21.1. The van der Waals surface area contributed by atoms with Crippen LogP contribution in [0, 0.1) is 34.5 Å². The number of nitrogens with zero attached hydrogens (tertiary/aromatic N) is 1. The maximum Gasteiger partial charge on any atom is 0.306 e. The largest absolute Gasteiger partial charge is 0.461 e. The Morgan fingerprint density at radius 3 is 2.25 bits per heavy atom. The highest BCUT2D eigenvalue weighted by atomic mass is 16.7. The molecule has 4 N–H and O–H groups in total. The number of nitrogens with one attached hydrogen (secondary N) is 3. The molecule has 18 heteroatoms. The molecule has 18 nitrogen and oxygen atoms in total. The van der Waals surface area contributed by atoms with Crippen LogP contribution in [-0.4, -0.2) is 112 Å². The molecule has 2 unspecified atom stereocenters. The van der Waals surface area contributed by atoms with Gasteiger partial charge in [-0.1, -0.05) is 71.2 Å². The van der Waals surface area contributed by atoms with Crippen molar-refractivity contribution in [2.24, 2.45) is 34.5 Å². The lowest BCUT2D eigenvalue weighted by Crippen LogP contribution is -2.63. The molecule has 0 radical (unpaired) electrons. The minimum absolute atomic E-state index is 0.0327. The summed E-state index contributed by atoms with van der Waals surface area (Å²) >= 11 is 0. The monoisotopic (exact) mass is 998 g/mol. The van der Waals surface area contributed by atoms with Gasteiger partial charge in [-0.25, -0.2) is 0 Å². The molecule has 0 bridgehead atoms. The molecule has 5 amide bonds. The fourth-order valence-corrected chi connectivity index (χ4v) is 12.2. The lowest BCUT2D eigenvalue weighted by atomic mass is 9.46. The van der Waals surface area contributed by atoms with Crippen LogP contribution in [0.3, 0.4) is 0 Å². The quantitative estimate of drug-likeness (QED) is 0.0689. The Labute approximate surface area is 420 Å². The zero-order valence-electron chi connectivity index (χ0n) is 42.2. The third-order valence-electron chi connectivity index (χ3n) is 16.0. The van der Waals surface area contributed by atoms with E-state index in [-0.39, 0.29) is 86.0 Å². The summed E-state index contributed by atoms with van der Waals surface area (Å²) in [5, 5.41) is 20.1. The highest BCUT2D eigenvalue weighted by Gasteiger charge is 2.76. The molecule has 2 heterocycles. The predicted octanol–water partition coefficient (Wildman–Crippen LogP) is 4.86. The molecule has 3 saturated carbocycles. The number of ether oxygens (including phenoxy) is 4. The standard InChI is InChI=1S/C54H70N4O14/c1-7-11-47-71-41-27-38-37-18-15-34-26-36(59)23-24-52(34,5)48(37)39(60)28-53(38,6)54(41,72-47)40(61)30-70-46(66)22-21-45(65)69-29-33-13-16-35(17-14-33)56-50(67)32(4)55-51(68)49(31(2)3)57-42(62)12-9-8-10-25-58-43(63)19-20-44(58)64/h13-14,16-17,19-20,23-24,26,31-32,37-39,41,47-49,60H,7-12,15,18,21-22,25,27-30H2,1-6H3,(H,55,68)(H,56,67)(H,57,62)/t32-,37-,38-,39-,41+,47?,48+,49?,52-,53-,54+/m0/s1. The smallest absolute Gasteiger partial charge is 0.306 e. The summed E-state index contributed by atoms with van der Waals surface area (Å²) in [6.45, 7) is 10.7. The van der Waals surface area contributed by atoms with Gasteiger partial charge in [-0.15, -0.1) is 0 Å². The van der Waals surface area contributed by atoms with Crippen molar-refractivity contribution >= 4 is 58.7 Å². The van der Waals surface area contributed by atoms with Gasteiger partial charge < -0.3 is 40.0 Å². The number of rotatable bonds is 22. The number of unbranched alkanes of at least 4 members (excludes halogenated alkanes) is 2. The summed E-state index contributed by atoms with van der Waals surface area (Å²) in [7, 11) is 0. The van der Waals surface area contributed by atoms with Crippen molar-refractivity contribution in [2.45, 2.75) is 161 Å². The number of hydrogen-bond acceptors (Lipinski definition) is 14. The second-order valence-corrected chi connectivity index (χ2v) is 21.1. The van der Waals surface area contributed by atoms with Crippen molar-refractivity contribution in [3.8, 4) is 0 Å². The van der Waals surface area contributed by atoms with Crippen LogP contribution in [0.4, 0.5) is 5.69 Å². The van der Waals surface area contributed by atoms with E-state index >= 15 is 0 Å². The average Bonchev–Trinajstić information content (AvgIpc) is 3.95. The zero-order valence-corrected chi connectivity index (χ0v) is 42.2. The van der Waals surface area contributed by atoms with Gasteiger partial charge in [0.2, 0.25) is 23.5 Å². The number of anilines is 1. The third-order valence-corrected chi connectivity index (χ3v) is 16.0. The van der Waals surface area contributed by atoms with Crippen molar-refractivity contribution < 1.29 is 67.2 Å². The lowest BCUT2D eigenvalue weighted by molar-refractivity contribution is -0.201. The summed E-state index contributed by atoms with van der Waals surface area (Å²) in [6.07, 6.45) is 10.5. The molecule has 0 aromatic heterocycles. The van der Waals surface area contributed by atoms with Gasteiger partial charge >= 0.3 is 11.9 Å². The Kier molecular flexibility index (Phi) is 16.9. The normalized spacial score (nSPS) is 29.9. The van der Waals surface area contributed by atoms with Crippen molar-refractivity contribution in [3.63, 3.8) is 0 Å². The van der Waals surface area contributed by atoms with E-state index in [4.69, 9.17) is 18.9 Å². The number of carbonyl (C=O) groups is 9. The number of allylic oxidation sites excluding steroid dienone is 4. The molecule has 1 aromatic carbocycles. The Balaban J connectivity index is 0.830. The minimum atomic E-state index is -1.45. The maximum absolute atomic E-state index is 14.5. The van der Waals surface area contributed by atoms with Gasteiger partial charge in [-0.3, -0.25) is 48.1 Å². The van der Waals surface area contributed by atoms with Crippen LogP contribution in [0.5, 0.6) is 0 Å². The summed E-state index contributed by atoms with van der Waals surface area (Å²) in [6, 6.07) is 4.64. The summed E-state index contributed by atoms with van der Waals surface area (Å²) in [5.74, 6) is -4.40. The SMILES string of the molecule is CCCC1O[C@@H]2C[C@H]3[C@@H]4CCC5=CC(=O)C=C[C@]5(C)[C@H]4[C@@H](O)C[C@]3(C)[C@]2(C(=O)COC(=O)CCC(=O)OCc2ccc(NC(=O)[C@H](C)NC(=O)C(NC(=O)CCCCCN3C(=O)C=CC3=O)C(C)C)cc2)O1. The van der Waals surface area contributed by atoms with Crippen LogP contribution >= 0.6 is 0 Å². The van der Waals surface area contributed by atoms with Crippen molar-refractivity contribution in [1.29, 1.82) is 0 Å². The number of ketones is 2. The van der Waals surface area contributed by atoms with Crippen LogP contribution < -0.4 is 16.0 Å². The van der Waals surface area contributed by atoms with E-state index in [1.54, 1.807) is 50.3 Å². The third kappa shape index (κ3) is 11.2. The molecule has 6 aliphatic rings. The first-order chi connectivity index (χ1) is 34.2. The van der Waals surface area contributed by atoms with Gasteiger partial charge in [0.15, 0.2) is 24.3 Å². The van der Waals surface area contributed by atoms with Gasteiger partial charge in [-0.05, 0) is 99.5 Å². The van der Waals surface area contributed by atoms with Crippen LogP contribution in [0.1, 0.15) is 124 Å². The highest BCUT2D eigenvalue weighted by Crippen LogP contribution is 2.69. The maximum atomic E-state index is 14.5. The Hall–Kier alpha value is -5.85. The molecule has 390 valence electrons. The number of aliphatic hydroxyl groups is 1. The molecule has 4 fully saturated rings. The summed E-state index contributed by atoms with van der Waals surface area (Å²) in [5.41, 5.74) is -0.726. The highest BCUT2D eigenvalue weighted by molar-refractivity contribution is 6.12. The predicted molar refractivity (Wildman–Crippen MR) is 260 cm³/mol. The zero-order chi connectivity index (χ0) is 52.1. The summed E-state index contributed by atoms with van der Waals surface area (Å²) < 4.78 is 24.0. The van der Waals surface area contributed by atoms with Gasteiger partial charge in [0.25, 0.3) is 11.8 Å². The molecule has 7 rings (SSSR count). The molecule has 4 aliphatic carbocycles. The van der Waals surface area contributed by atoms with Gasteiger partial charge in [0.1, 0.15) is 18.7 Å². The van der Waals surface area contributed by atoms with Gasteiger partial charge in [0, 0.05) is 47.6 Å². The fraction of sp³-hybridized carbons (Fsp3) is 0.611. The first kappa shape index (κ1) is 53.9. The minimum Gasteiger partial charge on any atom is -0.461 e. The first-order valence-corrected chi connectivity index (χ1v) is 25.5. The van der Waals surface area contributed by atoms with E-state index in [1.807, 2.05) is 19.9 Å². The molecule has 1 aromatic rings. The van der Waals surface area contributed by atoms with Gasteiger partial charge in [-0.2, -0.15) is 0 Å². The van der Waals surface area contributed by atoms with E-state index in [0.29, 0.717) is 49.8 Å². The van der Waals surface area contributed by atoms with Crippen LogP contribution in [-0.2, 0) is 68.7 Å². The van der Waals surface area contributed by atoms with Crippen LogP contribution in [0.15, 0.2) is 60.2 Å². The average molecular weight is 999 g/mol. The molecular formula is C54H70N4O14. The number of imide groups is 1. The van der Waals surface area contributed by atoms with Crippen molar-refractivity contribution in [2.75, 3.05) is 18.5 Å². The Bertz CT molecular complexity index is 2380. The molecule has 0 spiro atoms. The second kappa shape index (κ2) is 22.5. The number of fused-ring (bicyclic) bond motifs is 7. The molecule has 2 aliphatic heterocycles. The Morgan fingerprint density at radius 1 is 0.875 bits per heavy atom. The van der Waals surface area contributed by atoms with Crippen molar-refractivity contribution in [3.05, 3.63) is 65.8 Å². The van der Waals surface area contributed by atoms with E-state index in [2.05, 4.69) is 22.9 Å². The van der Waals surface area contributed by atoms with E-state index in [9.17, 15) is 48.3 Å². The number of Topliss-reactive ketones (excluding diaryl/α,β-unsaturated/α-hetero) is 1. The van der Waals surface area contributed by atoms with E-state index in [0.717, 1.165) is 23.3 Å². The van der Waals surface area contributed by atoms with Crippen LogP contribution in [0.25, 0.3) is 0 Å². The Morgan fingerprint density at radius 2 is 1.57 bits per heavy atom. The number of aliphatic hydroxyl groups excluding tert-OH is 1. The van der Waals surface area contributed by atoms with Gasteiger partial charge in [0.05, 0.1) is 25.0 Å². The van der Waals surface area contributed by atoms with E-state index < -0.39 is 83.2 Å². The van der Waals surface area contributed by atoms with Crippen molar-refractivity contribution in [1.82, 2.24) is 15.5 Å². The number of amides is 5. The summed E-state index contributed by atoms with van der Waals surface area (Å²) in [4.78, 5) is 116. The van der Waals surface area contributed by atoms with E-state index in [1.165, 1.54) is 19.1 Å². The fourth-order valence-electron chi connectivity index (χ4n) is 12.2. The number of benzene rings is 1. The number of carbonyl (C=O) groups excluding carboxylic acids is 9. The molecule has 11 atom stereocenters. The molecule has 72 heavy (non-hydrogen) atoms. The molecule has 1 saturated heterocycles. The molecular weight excluding hydrogens is 929 g/mol. The first-order valence-electron chi connectivity index (χ1n) is 25.5.